The number of carbonyl (C=O) groups is 2. The number of benzene rings is 1. The lowest BCUT2D eigenvalue weighted by Gasteiger charge is -2.33. The molecular formula is C19H23N5O4. The summed E-state index contributed by atoms with van der Waals surface area (Å²) < 4.78 is 10.1. The summed E-state index contributed by atoms with van der Waals surface area (Å²) in [5.41, 5.74) is 1.09. The van der Waals surface area contributed by atoms with Crippen molar-refractivity contribution in [3.63, 3.8) is 0 Å². The van der Waals surface area contributed by atoms with Crippen LogP contribution in [0, 0.1) is 0 Å². The number of hydrogen-bond donors (Lipinski definition) is 1. The molecule has 1 N–H and O–H groups in total. The fourth-order valence-electron chi connectivity index (χ4n) is 2.81. The molecule has 0 atom stereocenters. The van der Waals surface area contributed by atoms with Crippen molar-refractivity contribution in [2.45, 2.75) is 6.92 Å². The van der Waals surface area contributed by atoms with Crippen LogP contribution in [0.15, 0.2) is 36.5 Å². The fourth-order valence-corrected chi connectivity index (χ4v) is 2.81. The average Bonchev–Trinajstić information content (AvgIpc) is 2.74. The zero-order valence-electron chi connectivity index (χ0n) is 15.9. The van der Waals surface area contributed by atoms with Gasteiger partial charge in [0.25, 0.3) is 5.91 Å². The third-order valence-electron chi connectivity index (χ3n) is 4.31. The smallest absolute Gasteiger partial charge is 0.409 e. The highest BCUT2D eigenvalue weighted by Gasteiger charge is 2.26. The second-order valence-electron chi connectivity index (χ2n) is 6.10. The zero-order valence-corrected chi connectivity index (χ0v) is 15.9. The van der Waals surface area contributed by atoms with E-state index in [9.17, 15) is 9.59 Å². The van der Waals surface area contributed by atoms with Gasteiger partial charge >= 0.3 is 6.09 Å². The van der Waals surface area contributed by atoms with Crippen LogP contribution in [0.3, 0.4) is 0 Å². The van der Waals surface area contributed by atoms with Crippen LogP contribution in [0.1, 0.15) is 17.4 Å². The number of nitrogens with one attached hydrogen (secondary N) is 1. The summed E-state index contributed by atoms with van der Waals surface area (Å²) in [6.07, 6.45) is 1.20. The Bertz CT molecular complexity index is 819. The summed E-state index contributed by atoms with van der Waals surface area (Å²) in [5.74, 6) is 0.891. The molecule has 148 valence electrons. The molecule has 2 aromatic rings. The summed E-state index contributed by atoms with van der Waals surface area (Å²) in [4.78, 5) is 36.3. The number of nitrogens with zero attached hydrogens (tertiary/aromatic N) is 4. The van der Waals surface area contributed by atoms with Gasteiger partial charge in [-0.05, 0) is 37.3 Å². The van der Waals surface area contributed by atoms with E-state index in [1.54, 1.807) is 36.1 Å². The van der Waals surface area contributed by atoms with E-state index >= 15 is 0 Å². The monoisotopic (exact) mass is 385 g/mol. The first-order valence-electron chi connectivity index (χ1n) is 9.06. The molecule has 3 rings (SSSR count). The van der Waals surface area contributed by atoms with Gasteiger partial charge in [0.2, 0.25) is 5.95 Å². The largest absolute Gasteiger partial charge is 0.497 e. The van der Waals surface area contributed by atoms with Crippen LogP contribution in [-0.4, -0.2) is 71.7 Å². The quantitative estimate of drug-likeness (QED) is 0.842. The number of piperazine rings is 1. The van der Waals surface area contributed by atoms with Crippen molar-refractivity contribution in [3.05, 3.63) is 42.2 Å². The van der Waals surface area contributed by atoms with Gasteiger partial charge in [-0.3, -0.25) is 4.79 Å². The van der Waals surface area contributed by atoms with Crippen LogP contribution in [0.5, 0.6) is 5.75 Å². The maximum atomic E-state index is 12.7. The predicted molar refractivity (Wildman–Crippen MR) is 103 cm³/mol. The molecule has 2 amide bonds. The Hall–Kier alpha value is -3.36. The molecule has 1 fully saturated rings. The summed E-state index contributed by atoms with van der Waals surface area (Å²) in [6, 6.07) is 8.90. The number of hydrogen-bond acceptors (Lipinski definition) is 7. The van der Waals surface area contributed by atoms with Crippen LogP contribution in [0.4, 0.5) is 16.4 Å². The van der Waals surface area contributed by atoms with E-state index in [1.807, 2.05) is 24.3 Å². The highest BCUT2D eigenvalue weighted by Crippen LogP contribution is 2.18. The minimum absolute atomic E-state index is 0.191. The van der Waals surface area contributed by atoms with Gasteiger partial charge in [-0.25, -0.2) is 14.8 Å². The molecule has 1 saturated heterocycles. The van der Waals surface area contributed by atoms with Crippen LogP contribution >= 0.6 is 0 Å². The van der Waals surface area contributed by atoms with Gasteiger partial charge in [0, 0.05) is 38.1 Å². The van der Waals surface area contributed by atoms with E-state index in [0.29, 0.717) is 44.4 Å². The van der Waals surface area contributed by atoms with Gasteiger partial charge in [-0.1, -0.05) is 0 Å². The third kappa shape index (κ3) is 4.67. The Morgan fingerprint density at radius 3 is 2.39 bits per heavy atom. The highest BCUT2D eigenvalue weighted by atomic mass is 16.6. The predicted octanol–water partition coefficient (Wildman–Crippen LogP) is 2.14. The standard InChI is InChI=1S/C19H23N5O4/c1-3-28-19(26)24-12-10-23(11-13-24)17(25)16-8-9-20-18(22-16)21-14-4-6-15(27-2)7-5-14/h4-9H,3,10-13H2,1-2H3,(H,20,21,22). The number of ether oxygens (including phenoxy) is 2. The summed E-state index contributed by atoms with van der Waals surface area (Å²) in [7, 11) is 1.60. The van der Waals surface area contributed by atoms with Crippen molar-refractivity contribution in [2.24, 2.45) is 0 Å². The fraction of sp³-hybridized carbons (Fsp3) is 0.368. The molecule has 0 spiro atoms. The second kappa shape index (κ2) is 9.03. The third-order valence-corrected chi connectivity index (χ3v) is 4.31. The van der Waals surface area contributed by atoms with E-state index in [4.69, 9.17) is 9.47 Å². The van der Waals surface area contributed by atoms with Crippen molar-refractivity contribution in [1.29, 1.82) is 0 Å². The van der Waals surface area contributed by atoms with E-state index < -0.39 is 0 Å². The van der Waals surface area contributed by atoms with Crippen molar-refractivity contribution in [3.8, 4) is 5.75 Å². The number of rotatable bonds is 5. The molecule has 1 aliphatic rings. The van der Waals surface area contributed by atoms with Gasteiger partial charge < -0.3 is 24.6 Å². The molecule has 0 aliphatic carbocycles. The number of methoxy groups -OCH3 is 1. The number of anilines is 2. The molecule has 9 nitrogen and oxygen atoms in total. The Balaban J connectivity index is 1.61. The van der Waals surface area contributed by atoms with Crippen LogP contribution in [0.25, 0.3) is 0 Å². The highest BCUT2D eigenvalue weighted by molar-refractivity contribution is 5.92. The van der Waals surface area contributed by atoms with Crippen molar-refractivity contribution < 1.29 is 19.1 Å². The van der Waals surface area contributed by atoms with Crippen molar-refractivity contribution in [2.75, 3.05) is 45.2 Å². The molecule has 2 heterocycles. The Labute approximate surface area is 163 Å². The maximum Gasteiger partial charge on any atom is 0.409 e. The molecule has 0 radical (unpaired) electrons. The van der Waals surface area contributed by atoms with Gasteiger partial charge in [0.1, 0.15) is 11.4 Å². The summed E-state index contributed by atoms with van der Waals surface area (Å²) in [6.45, 7) is 3.85. The molecule has 0 saturated carbocycles. The molecule has 1 aromatic carbocycles. The van der Waals surface area contributed by atoms with Crippen LogP contribution in [-0.2, 0) is 4.74 Å². The molecule has 28 heavy (non-hydrogen) atoms. The van der Waals surface area contributed by atoms with E-state index in [2.05, 4.69) is 15.3 Å². The SMILES string of the molecule is CCOC(=O)N1CCN(C(=O)c2ccnc(Nc3ccc(OC)cc3)n2)CC1. The minimum atomic E-state index is -0.345. The van der Waals surface area contributed by atoms with E-state index in [1.165, 1.54) is 0 Å². The summed E-state index contributed by atoms with van der Waals surface area (Å²) in [5, 5.41) is 3.07. The molecule has 9 heteroatoms. The lowest BCUT2D eigenvalue weighted by atomic mass is 10.2. The molecule has 0 bridgehead atoms. The van der Waals surface area contributed by atoms with Gasteiger partial charge in [0.15, 0.2) is 0 Å². The normalized spacial score (nSPS) is 13.8. The minimum Gasteiger partial charge on any atom is -0.497 e. The Kier molecular flexibility index (Phi) is 6.25. The molecule has 1 aliphatic heterocycles. The topological polar surface area (TPSA) is 96.9 Å². The lowest BCUT2D eigenvalue weighted by molar-refractivity contribution is 0.0566. The Morgan fingerprint density at radius 2 is 1.75 bits per heavy atom. The first-order chi connectivity index (χ1) is 13.6. The zero-order chi connectivity index (χ0) is 19.9. The molecule has 0 unspecified atom stereocenters. The molecule has 1 aromatic heterocycles. The average molecular weight is 385 g/mol. The van der Waals surface area contributed by atoms with Crippen molar-refractivity contribution >= 4 is 23.6 Å². The van der Waals surface area contributed by atoms with Crippen molar-refractivity contribution in [1.82, 2.24) is 19.8 Å². The van der Waals surface area contributed by atoms with Crippen LogP contribution < -0.4 is 10.1 Å². The van der Waals surface area contributed by atoms with E-state index in [-0.39, 0.29) is 12.0 Å². The summed E-state index contributed by atoms with van der Waals surface area (Å²) >= 11 is 0. The Morgan fingerprint density at radius 1 is 1.07 bits per heavy atom. The van der Waals surface area contributed by atoms with Gasteiger partial charge in [0.05, 0.1) is 13.7 Å². The second-order valence-corrected chi connectivity index (χ2v) is 6.10. The number of carbonyl (C=O) groups excluding carboxylic acids is 2. The van der Waals surface area contributed by atoms with Crippen LogP contribution in [0.2, 0.25) is 0 Å². The van der Waals surface area contributed by atoms with Gasteiger partial charge in [-0.15, -0.1) is 0 Å². The lowest BCUT2D eigenvalue weighted by Crippen LogP contribution is -2.50. The van der Waals surface area contributed by atoms with E-state index in [0.717, 1.165) is 11.4 Å². The van der Waals surface area contributed by atoms with Gasteiger partial charge in [-0.2, -0.15) is 0 Å². The first kappa shape index (κ1) is 19.4. The molecular weight excluding hydrogens is 362 g/mol. The number of aromatic nitrogens is 2. The first-order valence-corrected chi connectivity index (χ1v) is 9.06. The maximum absolute atomic E-state index is 12.7. The number of amides is 2.